The molecule has 10 heteroatoms. The maximum atomic E-state index is 14.3. The number of nitrogens with one attached hydrogen (secondary N) is 1. The molecule has 1 aliphatic rings. The van der Waals surface area contributed by atoms with Gasteiger partial charge in [-0.05, 0) is 25.1 Å². The average molecular weight is 399 g/mol. The fourth-order valence-electron chi connectivity index (χ4n) is 3.71. The molecule has 1 aliphatic heterocycles. The second-order valence-electron chi connectivity index (χ2n) is 6.92. The Morgan fingerprint density at radius 2 is 1.97 bits per heavy atom. The first-order valence-corrected chi connectivity index (χ1v) is 9.06. The molecule has 0 aromatic carbocycles. The van der Waals surface area contributed by atoms with E-state index in [1.54, 1.807) is 23.0 Å². The molecule has 0 saturated carbocycles. The van der Waals surface area contributed by atoms with E-state index in [0.29, 0.717) is 30.1 Å². The van der Waals surface area contributed by atoms with Gasteiger partial charge in [0.15, 0.2) is 0 Å². The monoisotopic (exact) mass is 399 g/mol. The van der Waals surface area contributed by atoms with E-state index in [1.165, 1.54) is 6.07 Å². The lowest BCUT2D eigenvalue weighted by Gasteiger charge is -2.33. The van der Waals surface area contributed by atoms with Gasteiger partial charge in [0.25, 0.3) is 6.43 Å². The van der Waals surface area contributed by atoms with Crippen molar-refractivity contribution in [1.29, 1.82) is 0 Å². The summed E-state index contributed by atoms with van der Waals surface area (Å²) in [5, 5.41) is 4.60. The Balaban J connectivity index is 1.64. The Labute approximate surface area is 163 Å². The zero-order valence-electron chi connectivity index (χ0n) is 15.4. The maximum Gasteiger partial charge on any atom is 0.266 e. The second-order valence-corrected chi connectivity index (χ2v) is 6.92. The van der Waals surface area contributed by atoms with Gasteiger partial charge in [-0.3, -0.25) is 0 Å². The lowest BCUT2D eigenvalue weighted by Crippen LogP contribution is -2.37. The van der Waals surface area contributed by atoms with Crippen LogP contribution in [-0.2, 0) is 6.42 Å². The third-order valence-corrected chi connectivity index (χ3v) is 5.15. The number of aromatic amines is 1. The first-order valence-electron chi connectivity index (χ1n) is 9.06. The molecule has 5 heterocycles. The lowest BCUT2D eigenvalue weighted by molar-refractivity contribution is 0.150. The molecule has 0 unspecified atom stereocenters. The SMILES string of the molecule is Cc1ccc(F)c2cc([C@@H]3c4nc[nH]c4CCN3c3ncc(C(F)F)cn3)nn12. The Morgan fingerprint density at radius 1 is 1.17 bits per heavy atom. The normalized spacial score (nSPS) is 16.6. The molecule has 1 atom stereocenters. The van der Waals surface area contributed by atoms with Gasteiger partial charge >= 0.3 is 0 Å². The van der Waals surface area contributed by atoms with E-state index in [4.69, 9.17) is 0 Å². The summed E-state index contributed by atoms with van der Waals surface area (Å²) in [6, 6.07) is 4.27. The molecule has 0 aliphatic carbocycles. The zero-order valence-corrected chi connectivity index (χ0v) is 15.4. The van der Waals surface area contributed by atoms with Crippen molar-refractivity contribution < 1.29 is 13.2 Å². The fraction of sp³-hybridized carbons (Fsp3) is 0.263. The molecule has 1 N–H and O–H groups in total. The number of hydrogen-bond donors (Lipinski definition) is 1. The highest BCUT2D eigenvalue weighted by molar-refractivity contribution is 5.54. The predicted octanol–water partition coefficient (Wildman–Crippen LogP) is 3.38. The van der Waals surface area contributed by atoms with Crippen molar-refractivity contribution in [2.45, 2.75) is 25.8 Å². The van der Waals surface area contributed by atoms with Crippen molar-refractivity contribution in [1.82, 2.24) is 29.5 Å². The number of H-pyrrole nitrogens is 1. The summed E-state index contributed by atoms with van der Waals surface area (Å²) in [5.74, 6) is -0.0844. The minimum Gasteiger partial charge on any atom is -0.348 e. The van der Waals surface area contributed by atoms with E-state index in [9.17, 15) is 13.2 Å². The third kappa shape index (κ3) is 2.82. The minimum atomic E-state index is -2.64. The quantitative estimate of drug-likeness (QED) is 0.572. The molecular formula is C19H16F3N7. The van der Waals surface area contributed by atoms with Crippen LogP contribution in [0.3, 0.4) is 0 Å². The molecular weight excluding hydrogens is 383 g/mol. The summed E-state index contributed by atoms with van der Waals surface area (Å²) in [6.07, 6.45) is 1.87. The van der Waals surface area contributed by atoms with Crippen LogP contribution in [0.25, 0.3) is 5.52 Å². The van der Waals surface area contributed by atoms with Gasteiger partial charge < -0.3 is 9.88 Å². The highest BCUT2D eigenvalue weighted by Crippen LogP contribution is 2.35. The van der Waals surface area contributed by atoms with Crippen molar-refractivity contribution in [2.24, 2.45) is 0 Å². The van der Waals surface area contributed by atoms with Gasteiger partial charge in [0.1, 0.15) is 17.4 Å². The van der Waals surface area contributed by atoms with Crippen LogP contribution in [0.4, 0.5) is 19.1 Å². The van der Waals surface area contributed by atoms with Gasteiger partial charge in [-0.2, -0.15) is 5.10 Å². The molecule has 5 rings (SSSR count). The molecule has 0 radical (unpaired) electrons. The van der Waals surface area contributed by atoms with E-state index in [1.807, 2.05) is 11.8 Å². The zero-order chi connectivity index (χ0) is 20.1. The summed E-state index contributed by atoms with van der Waals surface area (Å²) < 4.78 is 41.6. The summed E-state index contributed by atoms with van der Waals surface area (Å²) in [5.41, 5.74) is 3.16. The Kier molecular flexibility index (Phi) is 4.00. The molecule has 0 spiro atoms. The van der Waals surface area contributed by atoms with Gasteiger partial charge in [0, 0.05) is 36.7 Å². The van der Waals surface area contributed by atoms with E-state index in [-0.39, 0.29) is 11.4 Å². The molecule has 29 heavy (non-hydrogen) atoms. The number of halogens is 3. The van der Waals surface area contributed by atoms with Crippen molar-refractivity contribution in [2.75, 3.05) is 11.4 Å². The van der Waals surface area contributed by atoms with Crippen molar-refractivity contribution in [3.63, 3.8) is 0 Å². The number of imidazole rings is 1. The molecule has 0 saturated heterocycles. The number of alkyl halides is 2. The average Bonchev–Trinajstić information content (AvgIpc) is 3.38. The van der Waals surface area contributed by atoms with Crippen LogP contribution >= 0.6 is 0 Å². The number of aromatic nitrogens is 6. The van der Waals surface area contributed by atoms with Crippen LogP contribution < -0.4 is 4.90 Å². The topological polar surface area (TPSA) is 75.0 Å². The van der Waals surface area contributed by atoms with Gasteiger partial charge in [-0.25, -0.2) is 32.6 Å². The molecule has 148 valence electrons. The summed E-state index contributed by atoms with van der Waals surface area (Å²) in [6.45, 7) is 2.37. The van der Waals surface area contributed by atoms with Crippen molar-refractivity contribution in [3.05, 3.63) is 71.1 Å². The van der Waals surface area contributed by atoms with Crippen LogP contribution in [0.2, 0.25) is 0 Å². The fourth-order valence-corrected chi connectivity index (χ4v) is 3.71. The van der Waals surface area contributed by atoms with Crippen LogP contribution in [0.5, 0.6) is 0 Å². The summed E-state index contributed by atoms with van der Waals surface area (Å²) >= 11 is 0. The number of rotatable bonds is 3. The molecule has 4 aromatic heterocycles. The standard InChI is InChI=1S/C19H16F3N7/c1-10-2-3-12(20)15-6-14(27-29(10)15)17-16-13(25-9-26-16)4-5-28(17)19-23-7-11(8-24-19)18(21)22/h2-3,6-9,17-18H,4-5H2,1H3,(H,25,26)/t17-/m1/s1. The Morgan fingerprint density at radius 3 is 2.69 bits per heavy atom. The molecule has 7 nitrogen and oxygen atoms in total. The lowest BCUT2D eigenvalue weighted by atomic mass is 10.00. The smallest absolute Gasteiger partial charge is 0.266 e. The first-order chi connectivity index (χ1) is 14.0. The predicted molar refractivity (Wildman–Crippen MR) is 98.4 cm³/mol. The van der Waals surface area contributed by atoms with Crippen LogP contribution in [0.15, 0.2) is 36.9 Å². The van der Waals surface area contributed by atoms with Crippen molar-refractivity contribution in [3.8, 4) is 0 Å². The van der Waals surface area contributed by atoms with E-state index < -0.39 is 12.5 Å². The molecule has 0 bridgehead atoms. The number of hydrogen-bond acceptors (Lipinski definition) is 5. The number of anilines is 1. The number of pyridine rings is 1. The number of nitrogens with zero attached hydrogens (tertiary/aromatic N) is 6. The van der Waals surface area contributed by atoms with E-state index >= 15 is 0 Å². The second kappa shape index (κ2) is 6.57. The van der Waals surface area contributed by atoms with E-state index in [2.05, 4.69) is 25.0 Å². The Hall–Kier alpha value is -3.43. The molecule has 0 fully saturated rings. The first kappa shape index (κ1) is 17.7. The molecule has 0 amide bonds. The van der Waals surface area contributed by atoms with Gasteiger partial charge in [-0.1, -0.05) is 0 Å². The van der Waals surface area contributed by atoms with Gasteiger partial charge in [0.05, 0.1) is 23.3 Å². The van der Waals surface area contributed by atoms with Crippen molar-refractivity contribution >= 4 is 11.5 Å². The largest absolute Gasteiger partial charge is 0.348 e. The molecule has 4 aromatic rings. The summed E-state index contributed by atoms with van der Waals surface area (Å²) in [7, 11) is 0. The van der Waals surface area contributed by atoms with Crippen LogP contribution in [-0.4, -0.2) is 36.1 Å². The third-order valence-electron chi connectivity index (χ3n) is 5.15. The number of fused-ring (bicyclic) bond motifs is 2. The maximum absolute atomic E-state index is 14.3. The highest BCUT2D eigenvalue weighted by Gasteiger charge is 2.35. The van der Waals surface area contributed by atoms with Gasteiger partial charge in [0.2, 0.25) is 5.95 Å². The van der Waals surface area contributed by atoms with E-state index in [0.717, 1.165) is 29.5 Å². The highest BCUT2D eigenvalue weighted by atomic mass is 19.3. The number of aryl methyl sites for hydroxylation is 1. The van der Waals surface area contributed by atoms with Gasteiger partial charge in [-0.15, -0.1) is 0 Å². The minimum absolute atomic E-state index is 0.242. The van der Waals surface area contributed by atoms with Crippen LogP contribution in [0.1, 0.15) is 40.8 Å². The van der Waals surface area contributed by atoms with Crippen LogP contribution in [0, 0.1) is 12.7 Å². The summed E-state index contributed by atoms with van der Waals surface area (Å²) in [4.78, 5) is 17.7. The Bertz CT molecular complexity index is 1140.